The summed E-state index contributed by atoms with van der Waals surface area (Å²) >= 11 is 0. The van der Waals surface area contributed by atoms with Crippen LogP contribution in [0.1, 0.15) is 36.1 Å². The number of rotatable bonds is 2. The van der Waals surface area contributed by atoms with Crippen LogP contribution in [0, 0.1) is 0 Å². The number of aliphatic hydroxyl groups is 1. The first-order valence-electron chi connectivity index (χ1n) is 5.38. The molecule has 0 fully saturated rings. The van der Waals surface area contributed by atoms with E-state index in [0.29, 0.717) is 5.56 Å². The molecule has 0 saturated heterocycles. The minimum absolute atomic E-state index is 0.167. The van der Waals surface area contributed by atoms with E-state index >= 15 is 0 Å². The number of aliphatic hydroxyl groups excluding tert-OH is 1. The summed E-state index contributed by atoms with van der Waals surface area (Å²) in [6, 6.07) is 3.24. The summed E-state index contributed by atoms with van der Waals surface area (Å²) < 4.78 is 0. The minimum atomic E-state index is -0.766. The average Bonchev–Trinajstić information content (AvgIpc) is 2.64. The molecule has 2 unspecified atom stereocenters. The minimum Gasteiger partial charge on any atom is -0.508 e. The van der Waals surface area contributed by atoms with Gasteiger partial charge in [-0.15, -0.1) is 0 Å². The summed E-state index contributed by atoms with van der Waals surface area (Å²) in [5, 5.41) is 19.7. The standard InChI is InChI=1S/C12H17NO2/c1-7(13)12(15)11-9-4-2-3-8(9)5-6-10(11)14/h5-7,12,14-15H,2-4,13H2,1H3. The zero-order valence-corrected chi connectivity index (χ0v) is 8.90. The fourth-order valence-corrected chi connectivity index (χ4v) is 2.28. The van der Waals surface area contributed by atoms with Gasteiger partial charge in [-0.05, 0) is 43.4 Å². The highest BCUT2D eigenvalue weighted by molar-refractivity contribution is 5.48. The lowest BCUT2D eigenvalue weighted by atomic mass is 9.95. The molecule has 0 amide bonds. The maximum absolute atomic E-state index is 9.96. The Bertz CT molecular complexity index is 374. The van der Waals surface area contributed by atoms with E-state index in [1.54, 1.807) is 13.0 Å². The Balaban J connectivity index is 2.50. The van der Waals surface area contributed by atoms with Crippen molar-refractivity contribution < 1.29 is 10.2 Å². The van der Waals surface area contributed by atoms with Gasteiger partial charge in [0, 0.05) is 11.6 Å². The Hall–Kier alpha value is -1.06. The zero-order chi connectivity index (χ0) is 11.0. The first-order chi connectivity index (χ1) is 7.11. The van der Waals surface area contributed by atoms with Crippen molar-refractivity contribution in [2.75, 3.05) is 0 Å². The Morgan fingerprint density at radius 2 is 2.07 bits per heavy atom. The highest BCUT2D eigenvalue weighted by atomic mass is 16.3. The number of aryl methyl sites for hydroxylation is 1. The number of nitrogens with two attached hydrogens (primary N) is 1. The second kappa shape index (κ2) is 3.83. The van der Waals surface area contributed by atoms with Gasteiger partial charge >= 0.3 is 0 Å². The van der Waals surface area contributed by atoms with Crippen LogP contribution < -0.4 is 5.73 Å². The molecule has 1 aromatic carbocycles. The van der Waals surface area contributed by atoms with Crippen LogP contribution in [-0.4, -0.2) is 16.3 Å². The molecule has 0 radical (unpaired) electrons. The van der Waals surface area contributed by atoms with Crippen molar-refractivity contribution in [2.45, 2.75) is 38.3 Å². The smallest absolute Gasteiger partial charge is 0.121 e. The highest BCUT2D eigenvalue weighted by Crippen LogP contribution is 2.36. The Morgan fingerprint density at radius 1 is 1.33 bits per heavy atom. The molecule has 0 heterocycles. The van der Waals surface area contributed by atoms with Gasteiger partial charge in [-0.2, -0.15) is 0 Å². The molecule has 3 nitrogen and oxygen atoms in total. The van der Waals surface area contributed by atoms with Crippen molar-refractivity contribution in [3.8, 4) is 5.75 Å². The third kappa shape index (κ3) is 1.73. The van der Waals surface area contributed by atoms with Crippen molar-refractivity contribution in [2.24, 2.45) is 5.73 Å². The van der Waals surface area contributed by atoms with E-state index in [1.165, 1.54) is 5.56 Å². The molecule has 1 aliphatic rings. The molecule has 0 spiro atoms. The number of phenols is 1. The third-order valence-corrected chi connectivity index (χ3v) is 3.10. The molecule has 2 rings (SSSR count). The normalized spacial score (nSPS) is 18.6. The van der Waals surface area contributed by atoms with Gasteiger partial charge < -0.3 is 15.9 Å². The number of phenolic OH excluding ortho intramolecular Hbond substituents is 1. The Morgan fingerprint density at radius 3 is 2.73 bits per heavy atom. The quantitative estimate of drug-likeness (QED) is 0.684. The predicted molar refractivity (Wildman–Crippen MR) is 58.7 cm³/mol. The topological polar surface area (TPSA) is 66.5 Å². The third-order valence-electron chi connectivity index (χ3n) is 3.10. The molecule has 0 aliphatic heterocycles. The lowest BCUT2D eigenvalue weighted by Gasteiger charge is -2.19. The van der Waals surface area contributed by atoms with Crippen LogP contribution in [0.3, 0.4) is 0 Å². The highest BCUT2D eigenvalue weighted by Gasteiger charge is 2.24. The first kappa shape index (κ1) is 10.5. The van der Waals surface area contributed by atoms with Crippen molar-refractivity contribution in [1.82, 2.24) is 0 Å². The van der Waals surface area contributed by atoms with E-state index in [1.807, 2.05) is 6.07 Å². The fraction of sp³-hybridized carbons (Fsp3) is 0.500. The van der Waals surface area contributed by atoms with Gasteiger partial charge in [0.1, 0.15) is 5.75 Å². The molecule has 0 bridgehead atoms. The molecule has 4 N–H and O–H groups in total. The van der Waals surface area contributed by atoms with Crippen LogP contribution in [0.5, 0.6) is 5.75 Å². The lowest BCUT2D eigenvalue weighted by Crippen LogP contribution is -2.25. The van der Waals surface area contributed by atoms with Crippen LogP contribution in [0.2, 0.25) is 0 Å². The summed E-state index contributed by atoms with van der Waals surface area (Å²) in [5.41, 5.74) is 8.64. The molecule has 15 heavy (non-hydrogen) atoms. The van der Waals surface area contributed by atoms with E-state index < -0.39 is 6.10 Å². The molecule has 1 aliphatic carbocycles. The molecular weight excluding hydrogens is 190 g/mol. The fourth-order valence-electron chi connectivity index (χ4n) is 2.28. The van der Waals surface area contributed by atoms with Crippen LogP contribution in [0.15, 0.2) is 12.1 Å². The van der Waals surface area contributed by atoms with Crippen molar-refractivity contribution >= 4 is 0 Å². The summed E-state index contributed by atoms with van der Waals surface area (Å²) in [5.74, 6) is 0.167. The van der Waals surface area contributed by atoms with Crippen molar-refractivity contribution in [3.05, 3.63) is 28.8 Å². The van der Waals surface area contributed by atoms with Gasteiger partial charge in [0.05, 0.1) is 6.10 Å². The van der Waals surface area contributed by atoms with Crippen LogP contribution in [0.4, 0.5) is 0 Å². The summed E-state index contributed by atoms with van der Waals surface area (Å²) in [7, 11) is 0. The predicted octanol–water partition coefficient (Wildman–Crippen LogP) is 1.26. The molecule has 82 valence electrons. The number of benzene rings is 1. The zero-order valence-electron chi connectivity index (χ0n) is 8.90. The monoisotopic (exact) mass is 207 g/mol. The summed E-state index contributed by atoms with van der Waals surface area (Å²) in [4.78, 5) is 0. The van der Waals surface area contributed by atoms with Gasteiger partial charge in [-0.3, -0.25) is 0 Å². The van der Waals surface area contributed by atoms with E-state index in [9.17, 15) is 10.2 Å². The van der Waals surface area contributed by atoms with Crippen molar-refractivity contribution in [3.63, 3.8) is 0 Å². The number of hydrogen-bond acceptors (Lipinski definition) is 3. The van der Waals surface area contributed by atoms with E-state index in [0.717, 1.165) is 24.8 Å². The second-order valence-corrected chi connectivity index (χ2v) is 4.29. The Labute approximate surface area is 89.5 Å². The summed E-state index contributed by atoms with van der Waals surface area (Å²) in [6.07, 6.45) is 2.30. The number of hydrogen-bond donors (Lipinski definition) is 3. The second-order valence-electron chi connectivity index (χ2n) is 4.29. The summed E-state index contributed by atoms with van der Waals surface area (Å²) in [6.45, 7) is 1.75. The maximum atomic E-state index is 9.96. The Kier molecular flexibility index (Phi) is 2.67. The maximum Gasteiger partial charge on any atom is 0.121 e. The van der Waals surface area contributed by atoms with Gasteiger partial charge in [-0.1, -0.05) is 6.07 Å². The molecule has 3 heteroatoms. The van der Waals surface area contributed by atoms with E-state index in [4.69, 9.17) is 5.73 Å². The number of aromatic hydroxyl groups is 1. The van der Waals surface area contributed by atoms with E-state index in [-0.39, 0.29) is 11.8 Å². The van der Waals surface area contributed by atoms with Crippen LogP contribution in [-0.2, 0) is 12.8 Å². The molecular formula is C12H17NO2. The molecule has 2 atom stereocenters. The SMILES string of the molecule is CC(N)C(O)c1c(O)ccc2c1CCC2. The number of fused-ring (bicyclic) bond motifs is 1. The first-order valence-corrected chi connectivity index (χ1v) is 5.38. The van der Waals surface area contributed by atoms with Gasteiger partial charge in [0.2, 0.25) is 0 Å². The largest absolute Gasteiger partial charge is 0.508 e. The van der Waals surface area contributed by atoms with Gasteiger partial charge in [0.25, 0.3) is 0 Å². The average molecular weight is 207 g/mol. The van der Waals surface area contributed by atoms with Crippen LogP contribution >= 0.6 is 0 Å². The van der Waals surface area contributed by atoms with E-state index in [2.05, 4.69) is 0 Å². The van der Waals surface area contributed by atoms with Gasteiger partial charge in [-0.25, -0.2) is 0 Å². The van der Waals surface area contributed by atoms with Crippen LogP contribution in [0.25, 0.3) is 0 Å². The van der Waals surface area contributed by atoms with Crippen molar-refractivity contribution in [1.29, 1.82) is 0 Å². The molecule has 0 aromatic heterocycles. The molecule has 0 saturated carbocycles. The lowest BCUT2D eigenvalue weighted by molar-refractivity contribution is 0.149. The van der Waals surface area contributed by atoms with Gasteiger partial charge in [0.15, 0.2) is 0 Å². The molecule has 1 aromatic rings.